The highest BCUT2D eigenvalue weighted by molar-refractivity contribution is 7.99. The molecule has 0 saturated carbocycles. The van der Waals surface area contributed by atoms with Gasteiger partial charge in [0.25, 0.3) is 0 Å². The van der Waals surface area contributed by atoms with Crippen molar-refractivity contribution in [2.45, 2.75) is 18.4 Å². The van der Waals surface area contributed by atoms with E-state index < -0.39 is 0 Å². The molecule has 3 aliphatic rings. The van der Waals surface area contributed by atoms with Crippen LogP contribution in [0.1, 0.15) is 18.4 Å². The number of amides is 1. The Kier molecular flexibility index (Phi) is 5.90. The van der Waals surface area contributed by atoms with Crippen molar-refractivity contribution in [3.05, 3.63) is 29.8 Å². The quantitative estimate of drug-likeness (QED) is 0.778. The Labute approximate surface area is 164 Å². The van der Waals surface area contributed by atoms with E-state index in [9.17, 15) is 4.79 Å². The van der Waals surface area contributed by atoms with Gasteiger partial charge < -0.3 is 19.5 Å². The van der Waals surface area contributed by atoms with Crippen LogP contribution >= 0.6 is 11.8 Å². The molecule has 146 valence electrons. The summed E-state index contributed by atoms with van der Waals surface area (Å²) >= 11 is 2.01. The highest BCUT2D eigenvalue weighted by atomic mass is 32.2. The first-order valence-corrected chi connectivity index (χ1v) is 10.7. The normalized spacial score (nSPS) is 22.1. The summed E-state index contributed by atoms with van der Waals surface area (Å²) in [5, 5.41) is 3.14. The number of hydrogen-bond donors (Lipinski definition) is 1. The second kappa shape index (κ2) is 8.54. The summed E-state index contributed by atoms with van der Waals surface area (Å²) in [5.41, 5.74) is 0.989. The summed E-state index contributed by atoms with van der Waals surface area (Å²) < 4.78 is 16.2. The topological polar surface area (TPSA) is 60.0 Å². The fourth-order valence-electron chi connectivity index (χ4n) is 3.89. The molecule has 7 heteroatoms. The molecule has 3 aliphatic heterocycles. The third kappa shape index (κ3) is 4.42. The van der Waals surface area contributed by atoms with Crippen molar-refractivity contribution in [2.24, 2.45) is 0 Å². The molecule has 0 aliphatic carbocycles. The average molecular weight is 391 g/mol. The smallest absolute Gasteiger partial charge is 0.244 e. The number of thioether (sulfide) groups is 1. The van der Waals surface area contributed by atoms with Crippen molar-refractivity contribution in [3.63, 3.8) is 0 Å². The monoisotopic (exact) mass is 390 g/mol. The molecule has 3 heterocycles. The number of ether oxygens (including phenoxy) is 3. The van der Waals surface area contributed by atoms with E-state index in [2.05, 4.69) is 10.2 Å². The minimum atomic E-state index is -0.0569. The van der Waals surface area contributed by atoms with Crippen molar-refractivity contribution in [2.75, 3.05) is 51.1 Å². The number of carbonyl (C=O) groups is 1. The summed E-state index contributed by atoms with van der Waals surface area (Å²) in [7, 11) is 0. The molecular formula is C20H26N2O4S. The van der Waals surface area contributed by atoms with Crippen LogP contribution in [0.25, 0.3) is 6.08 Å². The van der Waals surface area contributed by atoms with E-state index in [-0.39, 0.29) is 18.2 Å². The fraction of sp³-hybridized carbons (Fsp3) is 0.550. The number of carbonyl (C=O) groups excluding carboxylic acids is 1. The van der Waals surface area contributed by atoms with Crippen molar-refractivity contribution < 1.29 is 19.0 Å². The molecule has 27 heavy (non-hydrogen) atoms. The number of nitrogens with one attached hydrogen (secondary N) is 1. The Hall–Kier alpha value is -1.70. The zero-order valence-corrected chi connectivity index (χ0v) is 16.3. The summed E-state index contributed by atoms with van der Waals surface area (Å²) in [6.45, 7) is 4.42. The van der Waals surface area contributed by atoms with Gasteiger partial charge >= 0.3 is 0 Å². The van der Waals surface area contributed by atoms with Crippen LogP contribution in [0.5, 0.6) is 11.5 Å². The van der Waals surface area contributed by atoms with E-state index in [0.29, 0.717) is 6.54 Å². The third-order valence-electron chi connectivity index (χ3n) is 5.52. The standard InChI is InChI=1S/C20H26N2O4S/c23-19(4-2-16-1-3-17-18(13-16)26-15-25-17)21-14-20(5-11-27-12-6-20)22-7-9-24-10-8-22/h1-4,13H,5-12,14-15H2,(H,21,23). The van der Waals surface area contributed by atoms with E-state index in [4.69, 9.17) is 14.2 Å². The largest absolute Gasteiger partial charge is 0.454 e. The molecule has 0 radical (unpaired) electrons. The molecule has 2 fully saturated rings. The Morgan fingerprint density at radius 1 is 1.19 bits per heavy atom. The van der Waals surface area contributed by atoms with Gasteiger partial charge in [-0.3, -0.25) is 9.69 Å². The number of rotatable bonds is 5. The van der Waals surface area contributed by atoms with E-state index in [0.717, 1.165) is 67.7 Å². The maximum Gasteiger partial charge on any atom is 0.244 e. The van der Waals surface area contributed by atoms with Crippen LogP contribution in [-0.2, 0) is 9.53 Å². The molecule has 0 atom stereocenters. The molecular weight excluding hydrogens is 364 g/mol. The summed E-state index contributed by atoms with van der Waals surface area (Å²) in [6, 6.07) is 5.68. The van der Waals surface area contributed by atoms with Gasteiger partial charge in [-0.1, -0.05) is 6.07 Å². The van der Waals surface area contributed by atoms with Gasteiger partial charge in [-0.05, 0) is 48.1 Å². The highest BCUT2D eigenvalue weighted by Crippen LogP contribution is 2.33. The van der Waals surface area contributed by atoms with Crippen molar-refractivity contribution in [1.29, 1.82) is 0 Å². The van der Waals surface area contributed by atoms with Gasteiger partial charge in [-0.25, -0.2) is 0 Å². The molecule has 1 aromatic carbocycles. The van der Waals surface area contributed by atoms with Crippen molar-refractivity contribution >= 4 is 23.7 Å². The lowest BCUT2D eigenvalue weighted by molar-refractivity contribution is -0.117. The Morgan fingerprint density at radius 3 is 2.78 bits per heavy atom. The second-order valence-corrected chi connectivity index (χ2v) is 8.32. The lowest BCUT2D eigenvalue weighted by Gasteiger charge is -2.47. The first-order valence-electron chi connectivity index (χ1n) is 9.51. The predicted molar refractivity (Wildman–Crippen MR) is 106 cm³/mol. The van der Waals surface area contributed by atoms with Crippen LogP contribution in [0, 0.1) is 0 Å². The van der Waals surface area contributed by atoms with E-state index in [1.54, 1.807) is 6.08 Å². The molecule has 0 aromatic heterocycles. The molecule has 1 amide bonds. The molecule has 1 aromatic rings. The zero-order valence-electron chi connectivity index (χ0n) is 15.4. The van der Waals surface area contributed by atoms with Gasteiger partial charge in [0.05, 0.1) is 13.2 Å². The van der Waals surface area contributed by atoms with Gasteiger partial charge in [0.15, 0.2) is 11.5 Å². The van der Waals surface area contributed by atoms with Crippen LogP contribution in [0.4, 0.5) is 0 Å². The molecule has 0 bridgehead atoms. The summed E-state index contributed by atoms with van der Waals surface area (Å²) in [5.74, 6) is 3.72. The Morgan fingerprint density at radius 2 is 1.96 bits per heavy atom. The Balaban J connectivity index is 1.36. The summed E-state index contributed by atoms with van der Waals surface area (Å²) in [4.78, 5) is 14.9. The predicted octanol–water partition coefficient (Wildman–Crippen LogP) is 2.14. The number of morpholine rings is 1. The van der Waals surface area contributed by atoms with Crippen molar-refractivity contribution in [1.82, 2.24) is 10.2 Å². The van der Waals surface area contributed by atoms with E-state index in [1.165, 1.54) is 0 Å². The molecule has 4 rings (SSSR count). The molecule has 0 spiro atoms. The van der Waals surface area contributed by atoms with Gasteiger partial charge in [0.1, 0.15) is 0 Å². The van der Waals surface area contributed by atoms with Gasteiger partial charge in [-0.15, -0.1) is 0 Å². The molecule has 0 unspecified atom stereocenters. The first-order chi connectivity index (χ1) is 13.3. The first kappa shape index (κ1) is 18.7. The Bertz CT molecular complexity index is 697. The number of fused-ring (bicyclic) bond motifs is 1. The van der Waals surface area contributed by atoms with Crippen LogP contribution in [0.15, 0.2) is 24.3 Å². The van der Waals surface area contributed by atoms with Gasteiger partial charge in [0.2, 0.25) is 12.7 Å². The SMILES string of the molecule is O=C(C=Cc1ccc2c(c1)OCO2)NCC1(N2CCOCC2)CCSCC1. The maximum absolute atomic E-state index is 12.4. The number of benzene rings is 1. The van der Waals surface area contributed by atoms with Crippen LogP contribution in [-0.4, -0.2) is 67.5 Å². The fourth-order valence-corrected chi connectivity index (χ4v) is 5.15. The lowest BCUT2D eigenvalue weighted by atomic mass is 9.89. The van der Waals surface area contributed by atoms with Gasteiger partial charge in [-0.2, -0.15) is 11.8 Å². The zero-order chi connectivity index (χ0) is 18.5. The minimum absolute atomic E-state index is 0.0569. The third-order valence-corrected chi connectivity index (χ3v) is 6.51. The minimum Gasteiger partial charge on any atom is -0.454 e. The number of hydrogen-bond acceptors (Lipinski definition) is 6. The molecule has 6 nitrogen and oxygen atoms in total. The molecule has 2 saturated heterocycles. The average Bonchev–Trinajstić information content (AvgIpc) is 3.20. The van der Waals surface area contributed by atoms with Crippen LogP contribution in [0.2, 0.25) is 0 Å². The molecule has 1 N–H and O–H groups in total. The van der Waals surface area contributed by atoms with Crippen LogP contribution < -0.4 is 14.8 Å². The lowest BCUT2D eigenvalue weighted by Crippen LogP contribution is -2.60. The maximum atomic E-state index is 12.4. The number of nitrogens with zero attached hydrogens (tertiary/aromatic N) is 1. The second-order valence-electron chi connectivity index (χ2n) is 7.10. The van der Waals surface area contributed by atoms with E-state index in [1.807, 2.05) is 36.0 Å². The van der Waals surface area contributed by atoms with Gasteiger partial charge in [0, 0.05) is 31.2 Å². The van der Waals surface area contributed by atoms with Crippen molar-refractivity contribution in [3.8, 4) is 11.5 Å². The van der Waals surface area contributed by atoms with E-state index >= 15 is 0 Å². The summed E-state index contributed by atoms with van der Waals surface area (Å²) in [6.07, 6.45) is 5.64. The van der Waals surface area contributed by atoms with Crippen LogP contribution in [0.3, 0.4) is 0 Å². The highest BCUT2D eigenvalue weighted by Gasteiger charge is 2.38.